The lowest BCUT2D eigenvalue weighted by molar-refractivity contribution is 0.384. The number of halogens is 7. The van der Waals surface area contributed by atoms with Crippen molar-refractivity contribution < 1.29 is 22.0 Å². The molecule has 0 N–H and O–H groups in total. The summed E-state index contributed by atoms with van der Waals surface area (Å²) in [6.07, 6.45) is 0. The van der Waals surface area contributed by atoms with Crippen molar-refractivity contribution in [2.75, 3.05) is 0 Å². The fraction of sp³-hybridized carbons (Fsp3) is 0. The molecular weight excluding hydrogens is 290 g/mol. The average Bonchev–Trinajstić information content (AvgIpc) is 2.23. The van der Waals surface area contributed by atoms with Gasteiger partial charge in [-0.15, -0.1) is 28.7 Å². The van der Waals surface area contributed by atoms with Crippen molar-refractivity contribution in [1.82, 2.24) is 0 Å². The summed E-state index contributed by atoms with van der Waals surface area (Å²) in [6.45, 7) is -0.818. The van der Waals surface area contributed by atoms with Gasteiger partial charge in [-0.2, -0.15) is 0 Å². The van der Waals surface area contributed by atoms with Gasteiger partial charge < -0.3 is 0 Å². The summed E-state index contributed by atoms with van der Waals surface area (Å²) in [5.74, 6) is -10.4. The minimum atomic E-state index is -3.92. The minimum absolute atomic E-state index is 0.786. The van der Waals surface area contributed by atoms with Crippen molar-refractivity contribution in [1.29, 1.82) is 0 Å². The molecule has 1 aromatic carbocycles. The fourth-order valence-electron chi connectivity index (χ4n) is 1.000. The molecule has 0 saturated heterocycles. The molecule has 0 spiro atoms. The van der Waals surface area contributed by atoms with Crippen LogP contribution in [0.25, 0.3) is 0 Å². The summed E-state index contributed by atoms with van der Waals surface area (Å²) >= 11 is 11.0. The van der Waals surface area contributed by atoms with Gasteiger partial charge in [0.15, 0.2) is 23.3 Å². The van der Waals surface area contributed by atoms with Crippen molar-refractivity contribution >= 4 is 34.0 Å². The molecule has 0 radical (unpaired) electrons. The zero-order chi connectivity index (χ0) is 12.7. The van der Waals surface area contributed by atoms with Crippen LogP contribution in [0.5, 0.6) is 0 Å². The smallest absolute Gasteiger partial charge is 0.204 e. The Morgan fingerprint density at radius 1 is 0.812 bits per heavy atom. The third kappa shape index (κ3) is 1.97. The summed E-state index contributed by atoms with van der Waals surface area (Å²) < 4.78 is 64.6. The molecule has 16 heavy (non-hydrogen) atoms. The third-order valence-corrected chi connectivity index (χ3v) is 5.48. The Morgan fingerprint density at radius 2 is 1.12 bits per heavy atom. The summed E-state index contributed by atoms with van der Waals surface area (Å²) in [5, 5.41) is -1.21. The zero-order valence-electron chi connectivity index (χ0n) is 7.43. The second-order valence-electron chi connectivity index (χ2n) is 2.77. The molecule has 0 bridgehead atoms. The predicted octanol–water partition coefficient (Wildman–Crippen LogP) is 3.23. The topological polar surface area (TPSA) is 0 Å². The highest BCUT2D eigenvalue weighted by atomic mass is 35.7. The van der Waals surface area contributed by atoms with E-state index in [4.69, 9.17) is 22.2 Å². The molecule has 8 heteroatoms. The largest absolute Gasteiger partial charge is 0.308 e. The Morgan fingerprint density at radius 3 is 1.44 bits per heavy atom. The number of benzene rings is 1. The van der Waals surface area contributed by atoms with Gasteiger partial charge in [-0.1, -0.05) is 5.70 Å². The van der Waals surface area contributed by atoms with E-state index >= 15 is 0 Å². The molecule has 0 aliphatic heterocycles. The van der Waals surface area contributed by atoms with Crippen LogP contribution < -0.4 is 5.19 Å². The molecule has 0 atom stereocenters. The molecule has 0 fully saturated rings. The van der Waals surface area contributed by atoms with Crippen molar-refractivity contribution in [3.8, 4) is 0 Å². The summed E-state index contributed by atoms with van der Waals surface area (Å²) in [6, 6.07) is 0. The van der Waals surface area contributed by atoms with Crippen LogP contribution in [0.15, 0.2) is 12.3 Å². The van der Waals surface area contributed by atoms with Gasteiger partial charge in [-0.25, -0.2) is 22.0 Å². The maximum Gasteiger partial charge on any atom is 0.308 e. The molecule has 1 aromatic rings. The SMILES string of the molecule is C=C[Si](Cl)(Cl)c1c(F)c(F)c(F)c(F)c1F. The van der Waals surface area contributed by atoms with Gasteiger partial charge in [-0.3, -0.25) is 0 Å². The predicted molar refractivity (Wildman–Crippen MR) is 53.5 cm³/mol. The fourth-order valence-corrected chi connectivity index (χ4v) is 3.00. The van der Waals surface area contributed by atoms with Crippen LogP contribution in [0, 0.1) is 29.1 Å². The first-order valence-electron chi connectivity index (χ1n) is 3.77. The van der Waals surface area contributed by atoms with Crippen molar-refractivity contribution in [2.24, 2.45) is 0 Å². The van der Waals surface area contributed by atoms with Gasteiger partial charge in [0, 0.05) is 0 Å². The molecule has 0 aliphatic carbocycles. The van der Waals surface area contributed by atoms with E-state index in [-0.39, 0.29) is 0 Å². The quantitative estimate of drug-likeness (QED) is 0.258. The van der Waals surface area contributed by atoms with Crippen molar-refractivity contribution in [3.05, 3.63) is 41.4 Å². The van der Waals surface area contributed by atoms with Crippen LogP contribution in [0.2, 0.25) is 0 Å². The standard InChI is InChI=1S/C8H3Cl2F5Si/c1-2-16(9,10)8-6(14)4(12)3(11)5(13)7(8)15/h2H,1H2. The first-order chi connectivity index (χ1) is 7.24. The number of rotatable bonds is 2. The molecule has 0 unspecified atom stereocenters. The maximum atomic E-state index is 13.2. The highest BCUT2D eigenvalue weighted by Crippen LogP contribution is 2.24. The van der Waals surface area contributed by atoms with Crippen LogP contribution in [0.3, 0.4) is 0 Å². The molecule has 0 nitrogen and oxygen atoms in total. The Hall–Kier alpha value is -0.593. The average molecular weight is 293 g/mol. The molecule has 0 saturated carbocycles. The lowest BCUT2D eigenvalue weighted by atomic mass is 10.3. The molecule has 0 amide bonds. The molecule has 0 aliphatic rings. The van der Waals surface area contributed by atoms with E-state index < -0.39 is 41.0 Å². The van der Waals surface area contributed by atoms with Gasteiger partial charge in [-0.05, 0) is 0 Å². The van der Waals surface area contributed by atoms with Crippen LogP contribution in [-0.4, -0.2) is 6.69 Å². The molecule has 0 heterocycles. The third-order valence-electron chi connectivity index (χ3n) is 1.80. The number of hydrogen-bond donors (Lipinski definition) is 0. The Labute approximate surface area is 97.7 Å². The molecule has 88 valence electrons. The molecular formula is C8H3Cl2F5Si. The van der Waals surface area contributed by atoms with Crippen LogP contribution in [-0.2, 0) is 0 Å². The van der Waals surface area contributed by atoms with Crippen LogP contribution in [0.1, 0.15) is 0 Å². The van der Waals surface area contributed by atoms with E-state index in [0.717, 1.165) is 5.70 Å². The molecule has 0 aromatic heterocycles. The van der Waals surface area contributed by atoms with Gasteiger partial charge in [0.05, 0.1) is 5.19 Å². The Kier molecular flexibility index (Phi) is 3.66. The van der Waals surface area contributed by atoms with Gasteiger partial charge in [0.25, 0.3) is 0 Å². The summed E-state index contributed by atoms with van der Waals surface area (Å²) in [7, 11) is 0. The monoisotopic (exact) mass is 292 g/mol. The Bertz CT molecular complexity index is 431. The van der Waals surface area contributed by atoms with Crippen LogP contribution in [0.4, 0.5) is 22.0 Å². The first kappa shape index (κ1) is 13.5. The summed E-state index contributed by atoms with van der Waals surface area (Å²) in [5.41, 5.74) is 0.786. The van der Waals surface area contributed by atoms with E-state index in [1.807, 2.05) is 0 Å². The highest BCUT2D eigenvalue weighted by molar-refractivity contribution is 7.53. The number of hydrogen-bond acceptors (Lipinski definition) is 0. The zero-order valence-corrected chi connectivity index (χ0v) is 9.94. The molecule has 1 rings (SSSR count). The normalized spacial score (nSPS) is 11.7. The van der Waals surface area contributed by atoms with Gasteiger partial charge in [0.2, 0.25) is 5.82 Å². The Balaban J connectivity index is 3.71. The van der Waals surface area contributed by atoms with Crippen molar-refractivity contribution in [2.45, 2.75) is 0 Å². The summed E-state index contributed by atoms with van der Waals surface area (Å²) in [4.78, 5) is 0. The van der Waals surface area contributed by atoms with Gasteiger partial charge >= 0.3 is 6.69 Å². The maximum absolute atomic E-state index is 13.2. The second-order valence-corrected chi connectivity index (χ2v) is 9.08. The van der Waals surface area contributed by atoms with E-state index in [0.29, 0.717) is 0 Å². The van der Waals surface area contributed by atoms with Crippen molar-refractivity contribution in [3.63, 3.8) is 0 Å². The van der Waals surface area contributed by atoms with E-state index in [1.54, 1.807) is 0 Å². The first-order valence-corrected chi connectivity index (χ1v) is 7.87. The lowest BCUT2D eigenvalue weighted by Crippen LogP contribution is -2.41. The van der Waals surface area contributed by atoms with E-state index in [1.165, 1.54) is 0 Å². The van der Waals surface area contributed by atoms with E-state index in [9.17, 15) is 22.0 Å². The minimum Gasteiger partial charge on any atom is -0.204 e. The van der Waals surface area contributed by atoms with Crippen LogP contribution >= 0.6 is 22.2 Å². The lowest BCUT2D eigenvalue weighted by Gasteiger charge is -2.15. The van der Waals surface area contributed by atoms with Gasteiger partial charge in [0.1, 0.15) is 0 Å². The second kappa shape index (κ2) is 4.35. The van der Waals surface area contributed by atoms with E-state index in [2.05, 4.69) is 6.58 Å². The highest BCUT2D eigenvalue weighted by Gasteiger charge is 2.39.